The van der Waals surface area contributed by atoms with Crippen molar-refractivity contribution in [1.29, 1.82) is 0 Å². The topological polar surface area (TPSA) is 34.1 Å². The zero-order valence-corrected chi connectivity index (χ0v) is 8.49. The first-order valence-electron chi connectivity index (χ1n) is 4.79. The smallest absolute Gasteiger partial charge is 0.139 e. The van der Waals surface area contributed by atoms with E-state index in [0.29, 0.717) is 6.61 Å². The van der Waals surface area contributed by atoms with E-state index in [4.69, 9.17) is 4.74 Å². The van der Waals surface area contributed by atoms with Gasteiger partial charge in [0.2, 0.25) is 0 Å². The maximum atomic E-state index is 5.46. The first-order chi connectivity index (χ1) is 6.86. The van der Waals surface area contributed by atoms with Gasteiger partial charge in [-0.05, 0) is 13.3 Å². The molecule has 3 nitrogen and oxygen atoms in total. The Morgan fingerprint density at radius 1 is 1.57 bits per heavy atom. The molecule has 76 valence electrons. The highest BCUT2D eigenvalue weighted by atomic mass is 16.5. The van der Waals surface area contributed by atoms with Crippen LogP contribution in [0.3, 0.4) is 0 Å². The maximum absolute atomic E-state index is 5.46. The van der Waals surface area contributed by atoms with E-state index in [-0.39, 0.29) is 0 Å². The maximum Gasteiger partial charge on any atom is 0.139 e. The summed E-state index contributed by atoms with van der Waals surface area (Å²) in [5.74, 6) is 0.797. The number of nitrogens with one attached hydrogen (secondary N) is 1. The third kappa shape index (κ3) is 3.47. The highest BCUT2D eigenvalue weighted by Crippen LogP contribution is 2.14. The Morgan fingerprint density at radius 2 is 2.43 bits per heavy atom. The van der Waals surface area contributed by atoms with E-state index in [1.807, 2.05) is 19.1 Å². The van der Waals surface area contributed by atoms with Gasteiger partial charge in [0, 0.05) is 12.6 Å². The molecule has 0 radical (unpaired) electrons. The zero-order chi connectivity index (χ0) is 10.2. The molecule has 1 rings (SSSR count). The summed E-state index contributed by atoms with van der Waals surface area (Å²) in [4.78, 5) is 4.07. The van der Waals surface area contributed by atoms with Crippen molar-refractivity contribution in [3.63, 3.8) is 0 Å². The fraction of sp³-hybridized carbons (Fsp3) is 0.364. The Kier molecular flexibility index (Phi) is 4.55. The van der Waals surface area contributed by atoms with Crippen LogP contribution in [0, 0.1) is 0 Å². The van der Waals surface area contributed by atoms with Crippen molar-refractivity contribution in [3.8, 4) is 5.75 Å². The van der Waals surface area contributed by atoms with Crippen molar-refractivity contribution < 1.29 is 4.74 Å². The summed E-state index contributed by atoms with van der Waals surface area (Å²) < 4.78 is 5.46. The second-order valence-electron chi connectivity index (χ2n) is 2.87. The van der Waals surface area contributed by atoms with Crippen molar-refractivity contribution in [3.05, 3.63) is 31.1 Å². The van der Waals surface area contributed by atoms with Crippen LogP contribution in [0.15, 0.2) is 31.1 Å². The number of rotatable bonds is 6. The number of anilines is 1. The SMILES string of the molecule is C=CCCOc1cncc(NCC)c1. The van der Waals surface area contributed by atoms with Gasteiger partial charge in [0.25, 0.3) is 0 Å². The molecule has 0 atom stereocenters. The highest BCUT2D eigenvalue weighted by molar-refractivity contribution is 5.44. The average Bonchev–Trinajstić information content (AvgIpc) is 2.19. The normalized spacial score (nSPS) is 9.50. The van der Waals surface area contributed by atoms with E-state index in [1.54, 1.807) is 12.4 Å². The molecule has 1 N–H and O–H groups in total. The van der Waals surface area contributed by atoms with Gasteiger partial charge < -0.3 is 10.1 Å². The number of hydrogen-bond acceptors (Lipinski definition) is 3. The van der Waals surface area contributed by atoms with Crippen LogP contribution in [0.4, 0.5) is 5.69 Å². The molecule has 0 fully saturated rings. The van der Waals surface area contributed by atoms with Crippen molar-refractivity contribution in [2.45, 2.75) is 13.3 Å². The number of ether oxygens (including phenoxy) is 1. The molecule has 1 aromatic rings. The van der Waals surface area contributed by atoms with Gasteiger partial charge in [0.15, 0.2) is 0 Å². The highest BCUT2D eigenvalue weighted by Gasteiger charge is 1.95. The molecule has 1 aromatic heterocycles. The van der Waals surface area contributed by atoms with Gasteiger partial charge in [-0.3, -0.25) is 4.98 Å². The van der Waals surface area contributed by atoms with Crippen molar-refractivity contribution >= 4 is 5.69 Å². The monoisotopic (exact) mass is 192 g/mol. The summed E-state index contributed by atoms with van der Waals surface area (Å²) in [6, 6.07) is 1.94. The van der Waals surface area contributed by atoms with Crippen LogP contribution >= 0.6 is 0 Å². The van der Waals surface area contributed by atoms with Crippen LogP contribution in [0.2, 0.25) is 0 Å². The predicted molar refractivity (Wildman–Crippen MR) is 58.7 cm³/mol. The summed E-state index contributed by atoms with van der Waals surface area (Å²) in [6.07, 6.45) is 6.18. The second kappa shape index (κ2) is 6.02. The predicted octanol–water partition coefficient (Wildman–Crippen LogP) is 2.47. The molecule has 0 aliphatic carbocycles. The van der Waals surface area contributed by atoms with Crippen molar-refractivity contribution in [2.24, 2.45) is 0 Å². The standard InChI is InChI=1S/C11H16N2O/c1-3-5-6-14-11-7-10(13-4-2)8-12-9-11/h3,7-9,13H,1,4-6H2,2H3. The first kappa shape index (κ1) is 10.6. The molecule has 0 spiro atoms. The van der Waals surface area contributed by atoms with Crippen LogP contribution < -0.4 is 10.1 Å². The lowest BCUT2D eigenvalue weighted by molar-refractivity contribution is 0.324. The third-order valence-electron chi connectivity index (χ3n) is 1.68. The molecule has 0 aliphatic heterocycles. The van der Waals surface area contributed by atoms with Crippen LogP contribution in [0.25, 0.3) is 0 Å². The zero-order valence-electron chi connectivity index (χ0n) is 8.49. The minimum atomic E-state index is 0.654. The largest absolute Gasteiger partial charge is 0.492 e. The van der Waals surface area contributed by atoms with Gasteiger partial charge >= 0.3 is 0 Å². The summed E-state index contributed by atoms with van der Waals surface area (Å²) in [7, 11) is 0. The van der Waals surface area contributed by atoms with E-state index >= 15 is 0 Å². The van der Waals surface area contributed by atoms with Crippen LogP contribution in [-0.4, -0.2) is 18.1 Å². The molecule has 14 heavy (non-hydrogen) atoms. The van der Waals surface area contributed by atoms with Gasteiger partial charge in [-0.15, -0.1) is 6.58 Å². The lowest BCUT2D eigenvalue weighted by Gasteiger charge is -2.06. The third-order valence-corrected chi connectivity index (χ3v) is 1.68. The molecule has 3 heteroatoms. The molecule has 0 amide bonds. The molecule has 1 heterocycles. The van der Waals surface area contributed by atoms with Gasteiger partial charge in [-0.1, -0.05) is 6.08 Å². The average molecular weight is 192 g/mol. The van der Waals surface area contributed by atoms with Crippen LogP contribution in [-0.2, 0) is 0 Å². The number of hydrogen-bond donors (Lipinski definition) is 1. The lowest BCUT2D eigenvalue weighted by Crippen LogP contribution is -1.99. The number of nitrogens with zero attached hydrogens (tertiary/aromatic N) is 1. The minimum absolute atomic E-state index is 0.654. The molecule has 0 unspecified atom stereocenters. The summed E-state index contributed by atoms with van der Waals surface area (Å²) >= 11 is 0. The quantitative estimate of drug-likeness (QED) is 0.555. The van der Waals surface area contributed by atoms with E-state index in [2.05, 4.69) is 16.9 Å². The molecular weight excluding hydrogens is 176 g/mol. The van der Waals surface area contributed by atoms with Gasteiger partial charge in [0.1, 0.15) is 5.75 Å². The number of pyridine rings is 1. The fourth-order valence-corrected chi connectivity index (χ4v) is 1.06. The first-order valence-corrected chi connectivity index (χ1v) is 4.79. The van der Waals surface area contributed by atoms with Gasteiger partial charge in [0.05, 0.1) is 24.7 Å². The Morgan fingerprint density at radius 3 is 3.14 bits per heavy atom. The van der Waals surface area contributed by atoms with Gasteiger partial charge in [-0.2, -0.15) is 0 Å². The van der Waals surface area contributed by atoms with Crippen LogP contribution in [0.5, 0.6) is 5.75 Å². The fourth-order valence-electron chi connectivity index (χ4n) is 1.06. The Bertz CT molecular complexity index is 286. The number of aromatic nitrogens is 1. The van der Waals surface area contributed by atoms with Gasteiger partial charge in [-0.25, -0.2) is 0 Å². The van der Waals surface area contributed by atoms with E-state index < -0.39 is 0 Å². The Labute approximate surface area is 84.8 Å². The molecule has 0 aliphatic rings. The molecule has 0 bridgehead atoms. The molecule has 0 saturated heterocycles. The molecule has 0 aromatic carbocycles. The second-order valence-corrected chi connectivity index (χ2v) is 2.87. The van der Waals surface area contributed by atoms with Crippen molar-refractivity contribution in [1.82, 2.24) is 4.98 Å². The summed E-state index contributed by atoms with van der Waals surface area (Å²) in [6.45, 7) is 7.22. The summed E-state index contributed by atoms with van der Waals surface area (Å²) in [5.41, 5.74) is 0.989. The van der Waals surface area contributed by atoms with Crippen molar-refractivity contribution in [2.75, 3.05) is 18.5 Å². The Hall–Kier alpha value is -1.51. The van der Waals surface area contributed by atoms with E-state index in [1.165, 1.54) is 0 Å². The lowest BCUT2D eigenvalue weighted by atomic mass is 10.4. The van der Waals surface area contributed by atoms with E-state index in [0.717, 1.165) is 24.4 Å². The Balaban J connectivity index is 2.50. The minimum Gasteiger partial charge on any atom is -0.492 e. The van der Waals surface area contributed by atoms with Crippen LogP contribution in [0.1, 0.15) is 13.3 Å². The molecular formula is C11H16N2O. The molecule has 0 saturated carbocycles. The van der Waals surface area contributed by atoms with E-state index in [9.17, 15) is 0 Å². The summed E-state index contributed by atoms with van der Waals surface area (Å²) in [5, 5.41) is 3.18.